The summed E-state index contributed by atoms with van der Waals surface area (Å²) in [5, 5.41) is 14.9. The van der Waals surface area contributed by atoms with E-state index in [-0.39, 0.29) is 24.7 Å². The van der Waals surface area contributed by atoms with Gasteiger partial charge in [0.05, 0.1) is 41.1 Å². The van der Waals surface area contributed by atoms with Crippen molar-refractivity contribution in [3.05, 3.63) is 61.2 Å². The Morgan fingerprint density at radius 2 is 2.00 bits per heavy atom. The summed E-state index contributed by atoms with van der Waals surface area (Å²) in [6.45, 7) is 5.56. The second-order valence-electron chi connectivity index (χ2n) is 7.16. The maximum Gasteiger partial charge on any atom is 0.269 e. The molecule has 33 heavy (non-hydrogen) atoms. The molecule has 0 aromatic heterocycles. The number of carbonyl (C=O) groups excluding carboxylic acids is 1. The summed E-state index contributed by atoms with van der Waals surface area (Å²) in [5.74, 6) is 0.938. The predicted octanol–water partition coefficient (Wildman–Crippen LogP) is 2.96. The lowest BCUT2D eigenvalue weighted by molar-refractivity contribution is -0.384. The average molecular weight is 568 g/mol. The van der Waals surface area contributed by atoms with Gasteiger partial charge in [0.1, 0.15) is 6.61 Å². The van der Waals surface area contributed by atoms with Gasteiger partial charge in [-0.3, -0.25) is 19.8 Å². The van der Waals surface area contributed by atoms with Gasteiger partial charge in [-0.25, -0.2) is 5.43 Å². The first-order valence-electron chi connectivity index (χ1n) is 10.4. The minimum Gasteiger partial charge on any atom is -0.490 e. The van der Waals surface area contributed by atoms with Gasteiger partial charge in [0.2, 0.25) is 0 Å². The summed E-state index contributed by atoms with van der Waals surface area (Å²) >= 11 is 2.15. The first-order valence-corrected chi connectivity index (χ1v) is 11.5. The van der Waals surface area contributed by atoms with Crippen LogP contribution in [-0.4, -0.2) is 61.4 Å². The van der Waals surface area contributed by atoms with Gasteiger partial charge in [-0.1, -0.05) is 0 Å². The van der Waals surface area contributed by atoms with Crippen LogP contribution in [0.4, 0.5) is 5.69 Å². The largest absolute Gasteiger partial charge is 0.490 e. The van der Waals surface area contributed by atoms with Gasteiger partial charge in [0.25, 0.3) is 11.6 Å². The summed E-state index contributed by atoms with van der Waals surface area (Å²) in [6, 6.07) is 9.86. The van der Waals surface area contributed by atoms with E-state index >= 15 is 0 Å². The molecule has 1 saturated heterocycles. The zero-order valence-electron chi connectivity index (χ0n) is 18.2. The molecule has 2 aromatic rings. The number of hydrogen-bond donors (Lipinski definition) is 1. The number of hydrogen-bond acceptors (Lipinski definition) is 8. The van der Waals surface area contributed by atoms with Gasteiger partial charge in [-0.15, -0.1) is 0 Å². The lowest BCUT2D eigenvalue weighted by Crippen LogP contribution is -2.42. The van der Waals surface area contributed by atoms with E-state index < -0.39 is 4.92 Å². The van der Waals surface area contributed by atoms with E-state index in [0.29, 0.717) is 31.3 Å². The molecular formula is C22H25IN4O6. The molecule has 0 spiro atoms. The van der Waals surface area contributed by atoms with Crippen LogP contribution in [0.15, 0.2) is 41.5 Å². The van der Waals surface area contributed by atoms with Crippen LogP contribution >= 0.6 is 22.6 Å². The molecule has 176 valence electrons. The monoisotopic (exact) mass is 568 g/mol. The molecule has 0 aliphatic carbocycles. The van der Waals surface area contributed by atoms with E-state index in [1.54, 1.807) is 24.4 Å². The minimum atomic E-state index is -0.438. The van der Waals surface area contributed by atoms with E-state index in [9.17, 15) is 14.9 Å². The molecule has 1 fully saturated rings. The highest BCUT2D eigenvalue weighted by atomic mass is 127. The maximum atomic E-state index is 12.1. The van der Waals surface area contributed by atoms with Crippen molar-refractivity contribution in [1.82, 2.24) is 10.3 Å². The topological polar surface area (TPSA) is 116 Å². The van der Waals surface area contributed by atoms with Crippen molar-refractivity contribution in [2.45, 2.75) is 13.5 Å². The van der Waals surface area contributed by atoms with Gasteiger partial charge < -0.3 is 14.2 Å². The zero-order valence-corrected chi connectivity index (χ0v) is 20.3. The number of amides is 1. The van der Waals surface area contributed by atoms with Crippen molar-refractivity contribution in [2.75, 3.05) is 39.5 Å². The fourth-order valence-corrected chi connectivity index (χ4v) is 3.89. The predicted molar refractivity (Wildman–Crippen MR) is 131 cm³/mol. The van der Waals surface area contributed by atoms with Crippen molar-refractivity contribution < 1.29 is 23.9 Å². The molecule has 3 rings (SSSR count). The Morgan fingerprint density at radius 1 is 1.27 bits per heavy atom. The van der Waals surface area contributed by atoms with E-state index in [0.717, 1.165) is 27.8 Å². The van der Waals surface area contributed by atoms with E-state index in [2.05, 4.69) is 33.1 Å². The number of benzene rings is 2. The fourth-order valence-electron chi connectivity index (χ4n) is 3.11. The lowest BCUT2D eigenvalue weighted by Gasteiger charge is -2.25. The van der Waals surface area contributed by atoms with Crippen LogP contribution in [0.5, 0.6) is 11.5 Å². The first kappa shape index (κ1) is 24.9. The van der Waals surface area contributed by atoms with Gasteiger partial charge in [0, 0.05) is 25.2 Å². The summed E-state index contributed by atoms with van der Waals surface area (Å²) in [7, 11) is 0. The molecule has 1 amide bonds. The Morgan fingerprint density at radius 3 is 2.67 bits per heavy atom. The zero-order chi connectivity index (χ0) is 23.6. The normalized spacial score (nSPS) is 14.2. The molecule has 0 bridgehead atoms. The molecule has 1 aliphatic rings. The fraction of sp³-hybridized carbons (Fsp3) is 0.364. The number of nitro groups is 1. The van der Waals surface area contributed by atoms with Crippen molar-refractivity contribution in [3.8, 4) is 11.5 Å². The Balaban J connectivity index is 1.62. The summed E-state index contributed by atoms with van der Waals surface area (Å²) in [5.41, 5.74) is 4.13. The third-order valence-electron chi connectivity index (χ3n) is 4.74. The second kappa shape index (κ2) is 12.5. The number of rotatable bonds is 10. The van der Waals surface area contributed by atoms with Crippen LogP contribution < -0.4 is 14.9 Å². The molecule has 1 aliphatic heterocycles. The molecule has 10 nitrogen and oxygen atoms in total. The van der Waals surface area contributed by atoms with Gasteiger partial charge in [-0.05, 0) is 64.9 Å². The van der Waals surface area contributed by atoms with E-state index in [1.165, 1.54) is 12.1 Å². The number of nitrogens with zero attached hydrogens (tertiary/aromatic N) is 3. The molecule has 1 heterocycles. The van der Waals surface area contributed by atoms with Crippen LogP contribution in [0, 0.1) is 13.7 Å². The highest BCUT2D eigenvalue weighted by molar-refractivity contribution is 14.1. The number of morpholine rings is 1. The second-order valence-corrected chi connectivity index (χ2v) is 8.32. The first-order chi connectivity index (χ1) is 16.0. The molecular weight excluding hydrogens is 543 g/mol. The molecule has 0 unspecified atom stereocenters. The number of ether oxygens (including phenoxy) is 3. The van der Waals surface area contributed by atoms with Crippen molar-refractivity contribution in [3.63, 3.8) is 0 Å². The standard InChI is InChI=1S/C22H25IN4O6/c1-2-32-20-12-17(13-24-25-21(28)14-26-7-9-31-10-8-26)11-19(23)22(20)33-15-16-3-5-18(6-4-16)27(29)30/h3-6,11-13H,2,7-10,14-15H2,1H3,(H,25,28)/b24-13-. The molecule has 2 aromatic carbocycles. The smallest absolute Gasteiger partial charge is 0.269 e. The van der Waals surface area contributed by atoms with Crippen LogP contribution in [0.1, 0.15) is 18.1 Å². The molecule has 0 radical (unpaired) electrons. The summed E-state index contributed by atoms with van der Waals surface area (Å²) in [6.07, 6.45) is 1.56. The lowest BCUT2D eigenvalue weighted by atomic mass is 10.2. The van der Waals surface area contributed by atoms with Gasteiger partial charge in [0.15, 0.2) is 11.5 Å². The van der Waals surface area contributed by atoms with E-state index in [4.69, 9.17) is 14.2 Å². The number of carbonyl (C=O) groups is 1. The van der Waals surface area contributed by atoms with Crippen molar-refractivity contribution in [2.24, 2.45) is 5.10 Å². The third kappa shape index (κ3) is 7.65. The van der Waals surface area contributed by atoms with Crippen LogP contribution in [0.25, 0.3) is 0 Å². The quantitative estimate of drug-likeness (QED) is 0.203. The van der Waals surface area contributed by atoms with Crippen molar-refractivity contribution >= 4 is 40.4 Å². The molecule has 11 heteroatoms. The SMILES string of the molecule is CCOc1cc(/C=N\NC(=O)CN2CCOCC2)cc(I)c1OCc1ccc([N+](=O)[O-])cc1. The summed E-state index contributed by atoms with van der Waals surface area (Å²) in [4.78, 5) is 24.5. The highest BCUT2D eigenvalue weighted by Crippen LogP contribution is 2.34. The Hall–Kier alpha value is -2.77. The number of non-ortho nitro benzene ring substituents is 1. The van der Waals surface area contributed by atoms with Crippen LogP contribution in [0.2, 0.25) is 0 Å². The third-order valence-corrected chi connectivity index (χ3v) is 5.54. The van der Waals surface area contributed by atoms with Crippen molar-refractivity contribution in [1.29, 1.82) is 0 Å². The molecule has 0 atom stereocenters. The Labute approximate surface area is 205 Å². The van der Waals surface area contributed by atoms with Gasteiger partial charge >= 0.3 is 0 Å². The number of halogens is 1. The molecule has 0 saturated carbocycles. The van der Waals surface area contributed by atoms with Gasteiger partial charge in [-0.2, -0.15) is 5.10 Å². The number of hydrazone groups is 1. The number of nitrogens with one attached hydrogen (secondary N) is 1. The Kier molecular flexibility index (Phi) is 9.39. The number of nitro benzene ring substituents is 1. The molecule has 1 N–H and O–H groups in total. The summed E-state index contributed by atoms with van der Waals surface area (Å²) < 4.78 is 17.8. The Bertz CT molecular complexity index is 993. The minimum absolute atomic E-state index is 0.0315. The highest BCUT2D eigenvalue weighted by Gasteiger charge is 2.15. The van der Waals surface area contributed by atoms with Crippen LogP contribution in [0.3, 0.4) is 0 Å². The van der Waals surface area contributed by atoms with E-state index in [1.807, 2.05) is 17.9 Å². The maximum absolute atomic E-state index is 12.1. The average Bonchev–Trinajstić information content (AvgIpc) is 2.79. The van der Waals surface area contributed by atoms with Crippen LogP contribution in [-0.2, 0) is 16.1 Å².